The Morgan fingerprint density at radius 1 is 1.06 bits per heavy atom. The molecule has 0 saturated heterocycles. The number of rotatable bonds is 6. The fourth-order valence-corrected chi connectivity index (χ4v) is 4.33. The van der Waals surface area contributed by atoms with Crippen LogP contribution in [0.15, 0.2) is 89.1 Å². The van der Waals surface area contributed by atoms with Crippen molar-refractivity contribution in [3.8, 4) is 17.1 Å². The van der Waals surface area contributed by atoms with Gasteiger partial charge in [0.15, 0.2) is 0 Å². The van der Waals surface area contributed by atoms with Crippen LogP contribution in [-0.2, 0) is 6.54 Å². The number of halogens is 1. The Labute approximate surface area is 208 Å². The van der Waals surface area contributed by atoms with E-state index in [0.29, 0.717) is 23.3 Å². The normalized spacial score (nSPS) is 15.8. The zero-order chi connectivity index (χ0) is 24.4. The summed E-state index contributed by atoms with van der Waals surface area (Å²) in [5, 5.41) is 7.89. The third-order valence-electron chi connectivity index (χ3n) is 5.97. The first-order valence-corrected chi connectivity index (χ1v) is 11.5. The van der Waals surface area contributed by atoms with Crippen LogP contribution in [0.2, 0.25) is 5.02 Å². The number of ether oxygens (including phenoxy) is 1. The van der Waals surface area contributed by atoms with Crippen LogP contribution in [0.5, 0.6) is 5.75 Å². The maximum Gasteiger partial charge on any atom is 0.322 e. The van der Waals surface area contributed by atoms with E-state index in [-0.39, 0.29) is 6.03 Å². The van der Waals surface area contributed by atoms with E-state index in [4.69, 9.17) is 20.9 Å². The lowest BCUT2D eigenvalue weighted by atomic mass is 9.94. The molecule has 8 heteroatoms. The molecule has 7 nitrogen and oxygen atoms in total. The maximum atomic E-state index is 13.2. The molecule has 5 rings (SSSR count). The van der Waals surface area contributed by atoms with Gasteiger partial charge in [-0.05, 0) is 42.3 Å². The fourth-order valence-electron chi connectivity index (χ4n) is 4.14. The molecule has 0 spiro atoms. The van der Waals surface area contributed by atoms with Gasteiger partial charge in [-0.25, -0.2) is 4.79 Å². The minimum Gasteiger partial charge on any atom is -0.497 e. The van der Waals surface area contributed by atoms with Gasteiger partial charge in [0.25, 0.3) is 5.89 Å². The largest absolute Gasteiger partial charge is 0.497 e. The minimum absolute atomic E-state index is 0.203. The van der Waals surface area contributed by atoms with Gasteiger partial charge < -0.3 is 14.6 Å². The average molecular weight is 487 g/mol. The summed E-state index contributed by atoms with van der Waals surface area (Å²) in [5.41, 5.74) is 4.09. The first-order valence-electron chi connectivity index (χ1n) is 11.1. The number of allylic oxidation sites excluding steroid dienone is 1. The van der Waals surface area contributed by atoms with Crippen molar-refractivity contribution in [3.63, 3.8) is 0 Å². The van der Waals surface area contributed by atoms with Crippen LogP contribution in [0, 0.1) is 0 Å². The molecule has 1 atom stereocenters. The second kappa shape index (κ2) is 9.64. The number of nitrogens with one attached hydrogen (secondary N) is 1. The maximum absolute atomic E-state index is 13.2. The van der Waals surface area contributed by atoms with Crippen molar-refractivity contribution in [2.45, 2.75) is 19.5 Å². The molecule has 1 unspecified atom stereocenters. The van der Waals surface area contributed by atoms with Gasteiger partial charge in [-0.3, -0.25) is 4.90 Å². The van der Waals surface area contributed by atoms with E-state index in [1.165, 1.54) is 0 Å². The van der Waals surface area contributed by atoms with E-state index in [9.17, 15) is 4.79 Å². The second-order valence-electron chi connectivity index (χ2n) is 8.16. The van der Waals surface area contributed by atoms with Crippen LogP contribution >= 0.6 is 11.6 Å². The Kier molecular flexibility index (Phi) is 6.25. The Balaban J connectivity index is 1.59. The smallest absolute Gasteiger partial charge is 0.322 e. The van der Waals surface area contributed by atoms with Gasteiger partial charge in [0.2, 0.25) is 5.82 Å². The number of urea groups is 1. The molecule has 1 N–H and O–H groups in total. The Morgan fingerprint density at radius 3 is 2.54 bits per heavy atom. The first kappa shape index (κ1) is 22.7. The van der Waals surface area contributed by atoms with E-state index < -0.39 is 6.04 Å². The highest BCUT2D eigenvalue weighted by atomic mass is 35.5. The van der Waals surface area contributed by atoms with Crippen LogP contribution in [0.3, 0.4) is 0 Å². The highest BCUT2D eigenvalue weighted by Crippen LogP contribution is 2.38. The van der Waals surface area contributed by atoms with Crippen molar-refractivity contribution < 1.29 is 14.1 Å². The topological polar surface area (TPSA) is 80.5 Å². The number of hydrogen-bond donors (Lipinski definition) is 1. The molecule has 2 amide bonds. The second-order valence-corrected chi connectivity index (χ2v) is 8.60. The molecule has 0 saturated carbocycles. The van der Waals surface area contributed by atoms with Crippen LogP contribution in [0.25, 0.3) is 17.0 Å². The average Bonchev–Trinajstić information content (AvgIpc) is 3.37. The van der Waals surface area contributed by atoms with Crippen LogP contribution < -0.4 is 10.1 Å². The lowest BCUT2D eigenvalue weighted by Gasteiger charge is -2.35. The third kappa shape index (κ3) is 4.63. The summed E-state index contributed by atoms with van der Waals surface area (Å²) >= 11 is 6.15. The molecular formula is C27H23ClN4O3. The molecular weight excluding hydrogens is 464 g/mol. The number of benzene rings is 3. The number of carbonyl (C=O) groups excluding carboxylic acids is 1. The van der Waals surface area contributed by atoms with Gasteiger partial charge in [0, 0.05) is 16.3 Å². The summed E-state index contributed by atoms with van der Waals surface area (Å²) in [4.78, 5) is 19.6. The number of hydrogen-bond acceptors (Lipinski definition) is 5. The molecule has 0 bridgehead atoms. The van der Waals surface area contributed by atoms with Crippen molar-refractivity contribution in [2.75, 3.05) is 7.11 Å². The standard InChI is InChI=1S/C27H23ClN4O3/c1-17-23(26-30-25(31-35-26)20-9-6-10-21(28)15-20)24(19-11-13-22(34-2)14-12-19)29-27(33)32(17)16-18-7-4-3-5-8-18/h3-15,24H,16H2,1-2H3,(H,29,33). The van der Waals surface area contributed by atoms with Gasteiger partial charge in [-0.1, -0.05) is 71.4 Å². The number of nitrogens with zero attached hydrogens (tertiary/aromatic N) is 3. The van der Waals surface area contributed by atoms with E-state index in [2.05, 4.69) is 15.5 Å². The fraction of sp³-hybridized carbons (Fsp3) is 0.148. The van der Waals surface area contributed by atoms with Crippen molar-refractivity contribution in [2.24, 2.45) is 0 Å². The van der Waals surface area contributed by atoms with Crippen molar-refractivity contribution in [1.82, 2.24) is 20.4 Å². The molecule has 176 valence electrons. The lowest BCUT2D eigenvalue weighted by molar-refractivity contribution is 0.203. The zero-order valence-electron chi connectivity index (χ0n) is 19.2. The van der Waals surface area contributed by atoms with E-state index in [0.717, 1.165) is 33.7 Å². The van der Waals surface area contributed by atoms with E-state index >= 15 is 0 Å². The first-order chi connectivity index (χ1) is 17.0. The summed E-state index contributed by atoms with van der Waals surface area (Å²) in [6, 6.07) is 24.0. The Bertz CT molecular complexity index is 1380. The molecule has 0 aliphatic carbocycles. The van der Waals surface area contributed by atoms with Crippen LogP contribution in [-0.4, -0.2) is 28.2 Å². The minimum atomic E-state index is -0.479. The molecule has 2 heterocycles. The van der Waals surface area contributed by atoms with Crippen molar-refractivity contribution >= 4 is 23.2 Å². The molecule has 1 aliphatic rings. The summed E-state index contributed by atoms with van der Waals surface area (Å²) in [7, 11) is 1.62. The highest BCUT2D eigenvalue weighted by Gasteiger charge is 2.35. The van der Waals surface area contributed by atoms with E-state index in [1.807, 2.05) is 73.7 Å². The van der Waals surface area contributed by atoms with Crippen molar-refractivity contribution in [3.05, 3.63) is 107 Å². The zero-order valence-corrected chi connectivity index (χ0v) is 20.0. The lowest BCUT2D eigenvalue weighted by Crippen LogP contribution is -2.45. The number of carbonyl (C=O) groups is 1. The predicted molar refractivity (Wildman–Crippen MR) is 134 cm³/mol. The Hall–Kier alpha value is -4.10. The van der Waals surface area contributed by atoms with Gasteiger partial charge in [0.1, 0.15) is 5.75 Å². The molecule has 1 aromatic heterocycles. The number of amides is 2. The van der Waals surface area contributed by atoms with Gasteiger partial charge >= 0.3 is 6.03 Å². The monoisotopic (exact) mass is 486 g/mol. The molecule has 0 radical (unpaired) electrons. The molecule has 0 fully saturated rings. The summed E-state index contributed by atoms with van der Waals surface area (Å²) in [6.45, 7) is 2.31. The summed E-state index contributed by atoms with van der Waals surface area (Å²) in [5.74, 6) is 1.48. The predicted octanol–water partition coefficient (Wildman–Crippen LogP) is 6.10. The quantitative estimate of drug-likeness (QED) is 0.356. The van der Waals surface area contributed by atoms with Gasteiger partial charge in [-0.2, -0.15) is 4.98 Å². The Morgan fingerprint density at radius 2 is 1.83 bits per heavy atom. The number of aromatic nitrogens is 2. The molecule has 4 aromatic rings. The van der Waals surface area contributed by atoms with Gasteiger partial charge in [0.05, 0.1) is 25.3 Å². The third-order valence-corrected chi connectivity index (χ3v) is 6.20. The van der Waals surface area contributed by atoms with E-state index in [1.54, 1.807) is 24.1 Å². The molecule has 3 aromatic carbocycles. The summed E-state index contributed by atoms with van der Waals surface area (Å²) < 4.78 is 11.0. The highest BCUT2D eigenvalue weighted by molar-refractivity contribution is 6.30. The van der Waals surface area contributed by atoms with Crippen LogP contribution in [0.1, 0.15) is 30.0 Å². The summed E-state index contributed by atoms with van der Waals surface area (Å²) in [6.07, 6.45) is 0. The molecule has 1 aliphatic heterocycles. The SMILES string of the molecule is COc1ccc(C2NC(=O)N(Cc3ccccc3)C(C)=C2c2nc(-c3cccc(Cl)c3)no2)cc1. The van der Waals surface area contributed by atoms with Gasteiger partial charge in [-0.15, -0.1) is 0 Å². The molecule has 35 heavy (non-hydrogen) atoms. The number of methoxy groups -OCH3 is 1. The van der Waals surface area contributed by atoms with Crippen molar-refractivity contribution in [1.29, 1.82) is 0 Å². The van der Waals surface area contributed by atoms with Crippen LogP contribution in [0.4, 0.5) is 4.79 Å².